The highest BCUT2D eigenvalue weighted by molar-refractivity contribution is 6.30. The summed E-state index contributed by atoms with van der Waals surface area (Å²) < 4.78 is 9.80. The van der Waals surface area contributed by atoms with Gasteiger partial charge < -0.3 is 9.47 Å². The highest BCUT2D eigenvalue weighted by atomic mass is 35.5. The van der Waals surface area contributed by atoms with E-state index in [9.17, 15) is 4.79 Å². The van der Waals surface area contributed by atoms with Gasteiger partial charge in [-0.05, 0) is 13.0 Å². The van der Waals surface area contributed by atoms with Gasteiger partial charge in [0.05, 0.1) is 17.8 Å². The molecule has 0 atom stereocenters. The van der Waals surface area contributed by atoms with E-state index in [0.29, 0.717) is 10.8 Å². The van der Waals surface area contributed by atoms with Crippen molar-refractivity contribution in [3.63, 3.8) is 0 Å². The average molecular weight is 272 g/mol. The van der Waals surface area contributed by atoms with Gasteiger partial charge in [-0.3, -0.25) is 4.98 Å². The molecular weight excluding hydrogens is 254 g/mol. The predicted octanol–water partition coefficient (Wildman–Crippen LogP) is 3.18. The summed E-state index contributed by atoms with van der Waals surface area (Å²) in [6.07, 6.45) is 4.41. The second-order valence-electron chi connectivity index (χ2n) is 2.97. The molecule has 0 aliphatic heterocycles. The minimum atomic E-state index is -0.412. The third kappa shape index (κ3) is 6.25. The normalized spacial score (nSPS) is 9.61. The zero-order chi connectivity index (χ0) is 14.0. The maximum Gasteiger partial charge on any atom is 0.330 e. The Morgan fingerprint density at radius 3 is 2.78 bits per heavy atom. The molecule has 0 aliphatic rings. The van der Waals surface area contributed by atoms with Gasteiger partial charge >= 0.3 is 5.97 Å². The van der Waals surface area contributed by atoms with Gasteiger partial charge in [-0.15, -0.1) is 0 Å². The number of hydrogen-bond acceptors (Lipinski definition) is 4. The zero-order valence-electron chi connectivity index (χ0n) is 11.1. The predicted molar refractivity (Wildman–Crippen MR) is 72.0 cm³/mol. The highest BCUT2D eigenvalue weighted by Gasteiger charge is 2.00. The molecule has 1 aromatic heterocycles. The van der Waals surface area contributed by atoms with Crippen LogP contribution < -0.4 is 4.74 Å². The van der Waals surface area contributed by atoms with Crippen molar-refractivity contribution < 1.29 is 14.3 Å². The lowest BCUT2D eigenvalue weighted by molar-refractivity contribution is -0.134. The Labute approximate surface area is 113 Å². The van der Waals surface area contributed by atoms with Crippen LogP contribution in [0.2, 0.25) is 5.02 Å². The van der Waals surface area contributed by atoms with Crippen molar-refractivity contribution in [2.24, 2.45) is 0 Å². The van der Waals surface area contributed by atoms with Crippen LogP contribution in [0.4, 0.5) is 0 Å². The molecule has 0 fully saturated rings. The fourth-order valence-electron chi connectivity index (χ4n) is 0.985. The molecule has 1 aromatic rings. The van der Waals surface area contributed by atoms with Crippen LogP contribution in [-0.4, -0.2) is 24.7 Å². The number of methoxy groups -OCH3 is 1. The van der Waals surface area contributed by atoms with Gasteiger partial charge in [0.2, 0.25) is 0 Å². The summed E-state index contributed by atoms with van der Waals surface area (Å²) in [4.78, 5) is 14.8. The molecule has 1 rings (SSSR count). The molecule has 0 amide bonds. The second kappa shape index (κ2) is 9.48. The summed E-state index contributed by atoms with van der Waals surface area (Å²) in [5.74, 6) is 0.187. The Kier molecular flexibility index (Phi) is 8.66. The lowest BCUT2D eigenvalue weighted by Crippen LogP contribution is -1.99. The molecule has 4 nitrogen and oxygen atoms in total. The Morgan fingerprint density at radius 1 is 1.50 bits per heavy atom. The number of halogens is 1. The summed E-state index contributed by atoms with van der Waals surface area (Å²) in [5.41, 5.74) is 0.746. The van der Waals surface area contributed by atoms with Crippen LogP contribution in [0.15, 0.2) is 24.4 Å². The maximum absolute atomic E-state index is 10.7. The molecule has 0 radical (unpaired) electrons. The molecule has 0 N–H and O–H groups in total. The summed E-state index contributed by atoms with van der Waals surface area (Å²) in [5, 5.41) is 0.512. The lowest BCUT2D eigenvalue weighted by atomic mass is 10.3. The van der Waals surface area contributed by atoms with E-state index < -0.39 is 5.97 Å². The fourth-order valence-corrected chi connectivity index (χ4v) is 1.13. The summed E-state index contributed by atoms with van der Waals surface area (Å²) in [6, 6.07) is 1.68. The molecule has 0 saturated heterocycles. The smallest absolute Gasteiger partial charge is 0.330 e. The topological polar surface area (TPSA) is 48.4 Å². The van der Waals surface area contributed by atoms with E-state index >= 15 is 0 Å². The first-order chi connectivity index (χ1) is 8.63. The van der Waals surface area contributed by atoms with E-state index in [-0.39, 0.29) is 6.61 Å². The first-order valence-corrected chi connectivity index (χ1v) is 6.00. The van der Waals surface area contributed by atoms with E-state index in [2.05, 4.69) is 9.72 Å². The van der Waals surface area contributed by atoms with Crippen LogP contribution in [0, 0.1) is 6.92 Å². The minimum Gasteiger partial charge on any atom is -0.488 e. The van der Waals surface area contributed by atoms with Crippen molar-refractivity contribution in [1.82, 2.24) is 4.98 Å². The second-order valence-corrected chi connectivity index (χ2v) is 3.41. The highest BCUT2D eigenvalue weighted by Crippen LogP contribution is 2.19. The number of aromatic nitrogens is 1. The van der Waals surface area contributed by atoms with Gasteiger partial charge in [0.25, 0.3) is 0 Å². The molecule has 100 valence electrons. The van der Waals surface area contributed by atoms with Crippen molar-refractivity contribution in [1.29, 1.82) is 0 Å². The van der Waals surface area contributed by atoms with Gasteiger partial charge in [-0.1, -0.05) is 25.4 Å². The Bertz CT molecular complexity index is 405. The molecule has 1 heterocycles. The Morgan fingerprint density at radius 2 is 2.17 bits per heavy atom. The molecule has 5 heteroatoms. The van der Waals surface area contributed by atoms with Crippen LogP contribution >= 0.6 is 11.6 Å². The SMILES string of the molecule is CC.COC(=O)/C=C/COc1cc(Cl)cnc1C. The van der Waals surface area contributed by atoms with Crippen LogP contribution in [0.3, 0.4) is 0 Å². The summed E-state index contributed by atoms with van der Waals surface area (Å²) in [7, 11) is 1.32. The molecule has 0 bridgehead atoms. The standard InChI is InChI=1S/C11H12ClNO3.C2H6/c1-8-10(6-9(12)7-13-8)16-5-3-4-11(14)15-2;1-2/h3-4,6-7H,5H2,1-2H3;1-2H3/b4-3+;. The average Bonchev–Trinajstić information content (AvgIpc) is 2.40. The van der Waals surface area contributed by atoms with Crippen molar-refractivity contribution in [3.8, 4) is 5.75 Å². The van der Waals surface area contributed by atoms with E-state index in [0.717, 1.165) is 5.69 Å². The molecule has 0 saturated carbocycles. The van der Waals surface area contributed by atoms with Crippen LogP contribution in [0.5, 0.6) is 5.75 Å². The van der Waals surface area contributed by atoms with Gasteiger partial charge in [0.1, 0.15) is 12.4 Å². The molecule has 0 spiro atoms. The van der Waals surface area contributed by atoms with Gasteiger partial charge in [0, 0.05) is 18.3 Å². The molecule has 18 heavy (non-hydrogen) atoms. The van der Waals surface area contributed by atoms with E-state index in [1.807, 2.05) is 20.8 Å². The minimum absolute atomic E-state index is 0.262. The third-order valence-corrected chi connectivity index (χ3v) is 2.00. The number of aryl methyl sites for hydroxylation is 1. The fraction of sp³-hybridized carbons (Fsp3) is 0.385. The number of esters is 1. The third-order valence-electron chi connectivity index (χ3n) is 1.80. The van der Waals surface area contributed by atoms with Gasteiger partial charge in [0.15, 0.2) is 0 Å². The number of hydrogen-bond donors (Lipinski definition) is 0. The Hall–Kier alpha value is -1.55. The monoisotopic (exact) mass is 271 g/mol. The first kappa shape index (κ1) is 16.4. The van der Waals surface area contributed by atoms with Crippen molar-refractivity contribution in [2.75, 3.05) is 13.7 Å². The molecule has 0 aliphatic carbocycles. The number of carbonyl (C=O) groups excluding carboxylic acids is 1. The van der Waals surface area contributed by atoms with Crippen LogP contribution in [-0.2, 0) is 9.53 Å². The van der Waals surface area contributed by atoms with Gasteiger partial charge in [-0.2, -0.15) is 0 Å². The quantitative estimate of drug-likeness (QED) is 0.623. The van der Waals surface area contributed by atoms with E-state index in [1.165, 1.54) is 13.2 Å². The summed E-state index contributed by atoms with van der Waals surface area (Å²) >= 11 is 5.77. The van der Waals surface area contributed by atoms with E-state index in [4.69, 9.17) is 16.3 Å². The van der Waals surface area contributed by atoms with Crippen molar-refractivity contribution in [2.45, 2.75) is 20.8 Å². The lowest BCUT2D eigenvalue weighted by Gasteiger charge is -2.05. The van der Waals surface area contributed by atoms with Crippen LogP contribution in [0.25, 0.3) is 0 Å². The number of rotatable bonds is 4. The van der Waals surface area contributed by atoms with Gasteiger partial charge in [-0.25, -0.2) is 4.79 Å². The Balaban J connectivity index is 0.00000137. The van der Waals surface area contributed by atoms with Crippen molar-refractivity contribution >= 4 is 17.6 Å². The number of ether oxygens (including phenoxy) is 2. The molecular formula is C13H18ClNO3. The van der Waals surface area contributed by atoms with E-state index in [1.54, 1.807) is 18.3 Å². The molecule has 0 aromatic carbocycles. The maximum atomic E-state index is 10.7. The molecule has 0 unspecified atom stereocenters. The largest absolute Gasteiger partial charge is 0.488 e. The van der Waals surface area contributed by atoms with Crippen LogP contribution in [0.1, 0.15) is 19.5 Å². The first-order valence-electron chi connectivity index (χ1n) is 5.63. The number of pyridine rings is 1. The summed E-state index contributed by atoms with van der Waals surface area (Å²) in [6.45, 7) is 6.08. The zero-order valence-corrected chi connectivity index (χ0v) is 11.8. The van der Waals surface area contributed by atoms with Crippen molar-refractivity contribution in [3.05, 3.63) is 35.1 Å². The number of carbonyl (C=O) groups is 1. The number of nitrogens with zero attached hydrogens (tertiary/aromatic N) is 1.